The molecule has 2 nitrogen and oxygen atoms in total. The van der Waals surface area contributed by atoms with Gasteiger partial charge in [-0.2, -0.15) is 0 Å². The second kappa shape index (κ2) is 14.5. The van der Waals surface area contributed by atoms with E-state index in [1.54, 1.807) is 0 Å². The molecule has 0 aromatic rings. The fraction of sp³-hybridized carbons (Fsp3) is 0.938. The van der Waals surface area contributed by atoms with Gasteiger partial charge in [0, 0.05) is 19.0 Å². The average molecular weight is 257 g/mol. The summed E-state index contributed by atoms with van der Waals surface area (Å²) in [4.78, 5) is 13.6. The lowest BCUT2D eigenvalue weighted by molar-refractivity contribution is -0.138. The molecular weight excluding hydrogens is 222 g/mol. The van der Waals surface area contributed by atoms with Gasteiger partial charge in [0.2, 0.25) is 5.91 Å². The van der Waals surface area contributed by atoms with Gasteiger partial charge >= 0.3 is 0 Å². The molecule has 0 spiro atoms. The first kappa shape index (κ1) is 19.8. The second-order valence-electron chi connectivity index (χ2n) is 4.78. The van der Waals surface area contributed by atoms with Crippen molar-refractivity contribution < 1.29 is 4.79 Å². The molecule has 1 fully saturated rings. The van der Waals surface area contributed by atoms with E-state index in [1.807, 2.05) is 18.7 Å². The van der Waals surface area contributed by atoms with Crippen LogP contribution in [-0.4, -0.2) is 23.9 Å². The molecule has 0 N–H and O–H groups in total. The van der Waals surface area contributed by atoms with E-state index in [2.05, 4.69) is 27.7 Å². The number of rotatable bonds is 5. The van der Waals surface area contributed by atoms with Gasteiger partial charge in [-0.1, -0.05) is 67.2 Å². The molecule has 0 aromatic heterocycles. The maximum atomic E-state index is 11.6. The number of carbonyl (C=O) groups is 1. The molecule has 0 saturated carbocycles. The Labute approximate surface area is 115 Å². The first-order valence-electron chi connectivity index (χ1n) is 7.96. The molecule has 0 aromatic carbocycles. The molecule has 0 bridgehead atoms. The predicted molar refractivity (Wildman–Crippen MR) is 81.8 cm³/mol. The third-order valence-corrected chi connectivity index (χ3v) is 2.83. The van der Waals surface area contributed by atoms with E-state index in [0.29, 0.717) is 5.91 Å². The Balaban J connectivity index is 0. The van der Waals surface area contributed by atoms with E-state index < -0.39 is 0 Å². The van der Waals surface area contributed by atoms with E-state index in [9.17, 15) is 4.79 Å². The van der Waals surface area contributed by atoms with Crippen molar-refractivity contribution in [1.29, 1.82) is 0 Å². The molecule has 1 saturated heterocycles. The van der Waals surface area contributed by atoms with Gasteiger partial charge in [-0.05, 0) is 12.8 Å². The van der Waals surface area contributed by atoms with E-state index >= 15 is 0 Å². The van der Waals surface area contributed by atoms with Gasteiger partial charge in [-0.25, -0.2) is 0 Å². The minimum atomic E-state index is 0.256. The third kappa shape index (κ3) is 9.49. The van der Waals surface area contributed by atoms with Crippen LogP contribution in [0.4, 0.5) is 0 Å². The summed E-state index contributed by atoms with van der Waals surface area (Å²) < 4.78 is 0. The number of unbranched alkanes of at least 4 members (excludes halogenated alkanes) is 2. The number of hydrogen-bond donors (Lipinski definition) is 0. The van der Waals surface area contributed by atoms with Gasteiger partial charge in [-0.3, -0.25) is 4.79 Å². The van der Waals surface area contributed by atoms with E-state index in [0.717, 1.165) is 19.5 Å². The summed E-state index contributed by atoms with van der Waals surface area (Å²) in [5.41, 5.74) is 0. The highest BCUT2D eigenvalue weighted by atomic mass is 16.2. The molecular formula is C16H35NO. The lowest BCUT2D eigenvalue weighted by Gasteiger charge is -2.33. The lowest BCUT2D eigenvalue weighted by Crippen LogP contribution is -2.44. The summed E-state index contributed by atoms with van der Waals surface area (Å²) in [5.74, 6) is 0.634. The summed E-state index contributed by atoms with van der Waals surface area (Å²) in [6, 6.07) is 0. The molecule has 1 unspecified atom stereocenters. The zero-order chi connectivity index (χ0) is 14.4. The summed E-state index contributed by atoms with van der Waals surface area (Å²) >= 11 is 0. The number of hydrogen-bond acceptors (Lipinski definition) is 1. The summed E-state index contributed by atoms with van der Waals surface area (Å²) in [6.07, 6.45) is 7.23. The molecule has 0 aliphatic carbocycles. The van der Waals surface area contributed by atoms with Gasteiger partial charge in [-0.15, -0.1) is 0 Å². The monoisotopic (exact) mass is 257 g/mol. The summed E-state index contributed by atoms with van der Waals surface area (Å²) in [7, 11) is 0. The molecule has 1 aliphatic rings. The molecule has 1 aliphatic heterocycles. The van der Waals surface area contributed by atoms with Crippen molar-refractivity contribution in [3.8, 4) is 0 Å². The average Bonchev–Trinajstić information content (AvgIpc) is 2.30. The zero-order valence-electron chi connectivity index (χ0n) is 13.6. The normalized spacial score (nSPS) is 14.4. The summed E-state index contributed by atoms with van der Waals surface area (Å²) in [6.45, 7) is 14.5. The largest absolute Gasteiger partial charge is 0.342 e. The van der Waals surface area contributed by atoms with Crippen LogP contribution in [0.3, 0.4) is 0 Å². The van der Waals surface area contributed by atoms with Crippen molar-refractivity contribution in [2.75, 3.05) is 13.1 Å². The third-order valence-electron chi connectivity index (χ3n) is 2.83. The van der Waals surface area contributed by atoms with Crippen molar-refractivity contribution in [3.63, 3.8) is 0 Å². The van der Waals surface area contributed by atoms with Gasteiger partial charge in [0.15, 0.2) is 0 Å². The number of carbonyl (C=O) groups excluding carboxylic acids is 1. The van der Waals surface area contributed by atoms with Crippen LogP contribution in [0.25, 0.3) is 0 Å². The predicted octanol–water partition coefficient (Wildman–Crippen LogP) is 4.88. The molecule has 1 atom stereocenters. The fourth-order valence-electron chi connectivity index (χ4n) is 1.67. The number of nitrogens with zero attached hydrogens (tertiary/aromatic N) is 1. The van der Waals surface area contributed by atoms with Gasteiger partial charge in [0.25, 0.3) is 0 Å². The second-order valence-corrected chi connectivity index (χ2v) is 4.78. The maximum Gasteiger partial charge on any atom is 0.225 e. The first-order chi connectivity index (χ1) is 8.67. The van der Waals surface area contributed by atoms with Crippen molar-refractivity contribution in [3.05, 3.63) is 0 Å². The Morgan fingerprint density at radius 2 is 1.61 bits per heavy atom. The van der Waals surface area contributed by atoms with Crippen molar-refractivity contribution in [2.24, 2.45) is 5.92 Å². The summed E-state index contributed by atoms with van der Waals surface area (Å²) in [5, 5.41) is 0. The van der Waals surface area contributed by atoms with E-state index in [1.165, 1.54) is 32.1 Å². The van der Waals surface area contributed by atoms with Crippen LogP contribution in [-0.2, 0) is 4.79 Å². The molecule has 110 valence electrons. The Hall–Kier alpha value is -0.530. The van der Waals surface area contributed by atoms with Gasteiger partial charge in [0.05, 0.1) is 0 Å². The quantitative estimate of drug-likeness (QED) is 0.643. The smallest absolute Gasteiger partial charge is 0.225 e. The molecule has 1 amide bonds. The Kier molecular flexibility index (Phi) is 16.0. The molecule has 1 heterocycles. The lowest BCUT2D eigenvalue weighted by atomic mass is 10.0. The topological polar surface area (TPSA) is 20.3 Å². The highest BCUT2D eigenvalue weighted by Crippen LogP contribution is 2.16. The van der Waals surface area contributed by atoms with Crippen LogP contribution >= 0.6 is 0 Å². The molecule has 1 rings (SSSR count). The minimum Gasteiger partial charge on any atom is -0.342 e. The van der Waals surface area contributed by atoms with Crippen LogP contribution in [0.1, 0.15) is 80.1 Å². The first-order valence-corrected chi connectivity index (χ1v) is 7.96. The highest BCUT2D eigenvalue weighted by molar-refractivity contribution is 5.79. The van der Waals surface area contributed by atoms with Crippen LogP contribution in [0.2, 0.25) is 0 Å². The Morgan fingerprint density at radius 1 is 1.11 bits per heavy atom. The molecule has 18 heavy (non-hydrogen) atoms. The van der Waals surface area contributed by atoms with Crippen LogP contribution in [0.5, 0.6) is 0 Å². The maximum absolute atomic E-state index is 11.6. The van der Waals surface area contributed by atoms with Crippen LogP contribution in [0, 0.1) is 5.92 Å². The molecule has 0 radical (unpaired) electrons. The van der Waals surface area contributed by atoms with Crippen LogP contribution < -0.4 is 0 Å². The fourth-order valence-corrected chi connectivity index (χ4v) is 1.67. The minimum absolute atomic E-state index is 0.256. The van der Waals surface area contributed by atoms with Crippen LogP contribution in [0.15, 0.2) is 0 Å². The highest BCUT2D eigenvalue weighted by Gasteiger charge is 2.24. The molecule has 2 heteroatoms. The number of amides is 1. The Bertz CT molecular complexity index is 176. The van der Waals surface area contributed by atoms with Crippen molar-refractivity contribution in [1.82, 2.24) is 4.90 Å². The van der Waals surface area contributed by atoms with E-state index in [4.69, 9.17) is 0 Å². The standard InChI is InChI=1S/C11H21NO.C3H8.C2H6/c1-3-4-5-7-10(2)11(13)12-8-6-9-12;1-3-2;1-2/h10H,3-9H2,1-2H3;3H2,1-2H3;1-2H3. The van der Waals surface area contributed by atoms with E-state index in [-0.39, 0.29) is 5.92 Å². The van der Waals surface area contributed by atoms with Crippen molar-refractivity contribution >= 4 is 5.91 Å². The number of likely N-dealkylation sites (tertiary alicyclic amines) is 1. The van der Waals surface area contributed by atoms with Crippen molar-refractivity contribution in [2.45, 2.75) is 80.1 Å². The van der Waals surface area contributed by atoms with Gasteiger partial charge < -0.3 is 4.90 Å². The van der Waals surface area contributed by atoms with Gasteiger partial charge in [0.1, 0.15) is 0 Å². The Morgan fingerprint density at radius 3 is 1.94 bits per heavy atom. The SMILES string of the molecule is CC.CCC.CCCCCC(C)C(=O)N1CCC1. The zero-order valence-corrected chi connectivity index (χ0v) is 13.6.